The number of carbonyl (C=O) groups is 1. The molecule has 8 nitrogen and oxygen atoms in total. The van der Waals surface area contributed by atoms with Gasteiger partial charge < -0.3 is 10.0 Å². The molecular weight excluding hydrogens is 500 g/mol. The lowest BCUT2D eigenvalue weighted by molar-refractivity contribution is 0.0699. The number of hydrogen-bond donors (Lipinski definition) is 2. The number of aromatic nitrogens is 1. The van der Waals surface area contributed by atoms with Crippen LogP contribution in [0.5, 0.6) is 0 Å². The van der Waals surface area contributed by atoms with E-state index in [-0.39, 0.29) is 16.1 Å². The molecule has 38 heavy (non-hydrogen) atoms. The van der Waals surface area contributed by atoms with Crippen LogP contribution in [0, 0.1) is 5.92 Å². The third-order valence-corrected chi connectivity index (χ3v) is 8.61. The number of sulfonamides is 1. The van der Waals surface area contributed by atoms with Crippen LogP contribution in [0.3, 0.4) is 0 Å². The molecule has 204 valence electrons. The van der Waals surface area contributed by atoms with Gasteiger partial charge >= 0.3 is 5.97 Å². The standard InChI is InChI=1S/C29H38N4O4S/c1-19(2)16-21(5)32-12-14-33(15-13-32)28-18-26(29(34)35)25-17-23(8-11-27(25)30-28)31-38(36,37)24-9-6-22(7-10-24)20(3)4/h6-11,17-21,31H,12-16H2,1-5H3,(H,34,35)/t21-/m0/s1. The van der Waals surface area contributed by atoms with Gasteiger partial charge in [-0.2, -0.15) is 0 Å². The van der Waals surface area contributed by atoms with Crippen molar-refractivity contribution in [3.8, 4) is 0 Å². The second-order valence-corrected chi connectivity index (χ2v) is 12.6. The first-order valence-corrected chi connectivity index (χ1v) is 14.7. The zero-order valence-electron chi connectivity index (χ0n) is 22.8. The van der Waals surface area contributed by atoms with E-state index >= 15 is 0 Å². The van der Waals surface area contributed by atoms with E-state index in [0.29, 0.717) is 34.6 Å². The predicted molar refractivity (Wildman–Crippen MR) is 153 cm³/mol. The average Bonchev–Trinajstić information content (AvgIpc) is 2.87. The van der Waals surface area contributed by atoms with Gasteiger partial charge in [-0.25, -0.2) is 18.2 Å². The van der Waals surface area contributed by atoms with Crippen LogP contribution in [-0.2, 0) is 10.0 Å². The Balaban J connectivity index is 1.56. The molecule has 0 spiro atoms. The van der Waals surface area contributed by atoms with Crippen LogP contribution in [0.4, 0.5) is 11.5 Å². The van der Waals surface area contributed by atoms with E-state index < -0.39 is 16.0 Å². The number of nitrogens with zero attached hydrogens (tertiary/aromatic N) is 3. The molecule has 4 rings (SSSR count). The summed E-state index contributed by atoms with van der Waals surface area (Å²) in [4.78, 5) is 21.7. The molecule has 0 unspecified atom stereocenters. The van der Waals surface area contributed by atoms with Crippen molar-refractivity contribution in [3.05, 3.63) is 59.7 Å². The van der Waals surface area contributed by atoms with Gasteiger partial charge in [0.05, 0.1) is 16.0 Å². The zero-order valence-corrected chi connectivity index (χ0v) is 23.6. The number of pyridine rings is 1. The second kappa shape index (κ2) is 11.3. The van der Waals surface area contributed by atoms with Gasteiger partial charge in [0, 0.05) is 43.3 Å². The number of anilines is 2. The van der Waals surface area contributed by atoms with Crippen LogP contribution in [0.15, 0.2) is 53.4 Å². The summed E-state index contributed by atoms with van der Waals surface area (Å²) in [6, 6.07) is 13.7. The molecule has 2 aromatic carbocycles. The number of nitrogens with one attached hydrogen (secondary N) is 1. The predicted octanol–water partition coefficient (Wildman–Crippen LogP) is 5.41. The number of carboxylic acids is 1. The highest BCUT2D eigenvalue weighted by Gasteiger charge is 2.24. The number of carboxylic acid groups (broad SMARTS) is 1. The van der Waals surface area contributed by atoms with Gasteiger partial charge in [0.15, 0.2) is 0 Å². The average molecular weight is 539 g/mol. The van der Waals surface area contributed by atoms with Crippen LogP contribution in [0.25, 0.3) is 10.9 Å². The molecule has 2 N–H and O–H groups in total. The van der Waals surface area contributed by atoms with Gasteiger partial charge in [-0.15, -0.1) is 0 Å². The monoisotopic (exact) mass is 538 g/mol. The number of rotatable bonds is 9. The third-order valence-electron chi connectivity index (χ3n) is 7.21. The van der Waals surface area contributed by atoms with Gasteiger partial charge in [0.2, 0.25) is 0 Å². The van der Waals surface area contributed by atoms with Crippen LogP contribution in [0.1, 0.15) is 62.9 Å². The second-order valence-electron chi connectivity index (χ2n) is 10.9. The molecule has 0 bridgehead atoms. The Hall–Kier alpha value is -3.17. The van der Waals surface area contributed by atoms with E-state index in [0.717, 1.165) is 38.2 Å². The highest BCUT2D eigenvalue weighted by molar-refractivity contribution is 7.92. The summed E-state index contributed by atoms with van der Waals surface area (Å²) in [5.74, 6) is 0.490. The summed E-state index contributed by atoms with van der Waals surface area (Å²) < 4.78 is 28.5. The molecular formula is C29H38N4O4S. The first-order valence-electron chi connectivity index (χ1n) is 13.2. The topological polar surface area (TPSA) is 103 Å². The molecule has 0 radical (unpaired) electrons. The van der Waals surface area contributed by atoms with Gasteiger partial charge in [0.1, 0.15) is 5.82 Å². The van der Waals surface area contributed by atoms with Crippen molar-refractivity contribution in [2.45, 2.75) is 57.9 Å². The maximum Gasteiger partial charge on any atom is 0.336 e. The molecule has 1 aliphatic rings. The molecule has 9 heteroatoms. The lowest BCUT2D eigenvalue weighted by atomic mass is 10.0. The van der Waals surface area contributed by atoms with Crippen molar-refractivity contribution in [1.29, 1.82) is 0 Å². The van der Waals surface area contributed by atoms with Crippen molar-refractivity contribution in [2.24, 2.45) is 5.92 Å². The molecule has 1 aromatic heterocycles. The summed E-state index contributed by atoms with van der Waals surface area (Å²) in [5, 5.41) is 10.4. The maximum absolute atomic E-state index is 13.0. The number of hydrogen-bond acceptors (Lipinski definition) is 6. The Bertz CT molecular complexity index is 1400. The van der Waals surface area contributed by atoms with Crippen LogP contribution in [-0.4, -0.2) is 61.6 Å². The van der Waals surface area contributed by atoms with Gasteiger partial charge in [-0.1, -0.05) is 39.8 Å². The van der Waals surface area contributed by atoms with E-state index in [2.05, 4.69) is 35.3 Å². The van der Waals surface area contributed by atoms with Crippen LogP contribution < -0.4 is 9.62 Å². The fraction of sp³-hybridized carbons (Fsp3) is 0.448. The first-order chi connectivity index (χ1) is 17.9. The van der Waals surface area contributed by atoms with Gasteiger partial charge in [-0.05, 0) is 67.1 Å². The minimum Gasteiger partial charge on any atom is -0.478 e. The molecule has 1 aliphatic heterocycles. The Morgan fingerprint density at radius 1 is 0.974 bits per heavy atom. The van der Waals surface area contributed by atoms with E-state index in [1.54, 1.807) is 48.5 Å². The Kier molecular flexibility index (Phi) is 8.28. The fourth-order valence-electron chi connectivity index (χ4n) is 5.08. The van der Waals surface area contributed by atoms with Crippen molar-refractivity contribution >= 4 is 38.4 Å². The summed E-state index contributed by atoms with van der Waals surface area (Å²) >= 11 is 0. The summed E-state index contributed by atoms with van der Waals surface area (Å²) in [5.41, 5.74) is 1.95. The minimum absolute atomic E-state index is 0.0999. The smallest absolute Gasteiger partial charge is 0.336 e. The van der Waals surface area contributed by atoms with Crippen LogP contribution >= 0.6 is 0 Å². The SMILES string of the molecule is CC(C)C[C@H](C)N1CCN(c2cc(C(=O)O)c3cc(NS(=O)(=O)c4ccc(C(C)C)cc4)ccc3n2)CC1. The minimum atomic E-state index is -3.83. The molecule has 1 saturated heterocycles. The molecule has 0 saturated carbocycles. The van der Waals surface area contributed by atoms with Crippen LogP contribution in [0.2, 0.25) is 0 Å². The lowest BCUT2D eigenvalue weighted by Crippen LogP contribution is -2.50. The lowest BCUT2D eigenvalue weighted by Gasteiger charge is -2.39. The molecule has 3 aromatic rings. The fourth-order valence-corrected chi connectivity index (χ4v) is 6.13. The molecule has 0 amide bonds. The van der Waals surface area contributed by atoms with Crippen molar-refractivity contribution < 1.29 is 18.3 Å². The Morgan fingerprint density at radius 3 is 2.21 bits per heavy atom. The Labute approximate surface area is 225 Å². The van der Waals surface area contributed by atoms with Gasteiger partial charge in [-0.3, -0.25) is 9.62 Å². The van der Waals surface area contributed by atoms with E-state index in [4.69, 9.17) is 4.98 Å². The summed E-state index contributed by atoms with van der Waals surface area (Å²) in [6.45, 7) is 14.2. The Morgan fingerprint density at radius 2 is 1.63 bits per heavy atom. The van der Waals surface area contributed by atoms with Crippen molar-refractivity contribution in [3.63, 3.8) is 0 Å². The number of aromatic carboxylic acids is 1. The van der Waals surface area contributed by atoms with E-state index in [1.165, 1.54) is 0 Å². The summed E-state index contributed by atoms with van der Waals surface area (Å²) in [6.07, 6.45) is 1.15. The largest absolute Gasteiger partial charge is 0.478 e. The molecule has 0 aliphatic carbocycles. The van der Waals surface area contributed by atoms with Gasteiger partial charge in [0.25, 0.3) is 10.0 Å². The number of benzene rings is 2. The molecule has 1 fully saturated rings. The highest BCUT2D eigenvalue weighted by Crippen LogP contribution is 2.28. The maximum atomic E-state index is 13.0. The zero-order chi connectivity index (χ0) is 27.6. The van der Waals surface area contributed by atoms with E-state index in [1.807, 2.05) is 13.8 Å². The van der Waals surface area contributed by atoms with Crippen molar-refractivity contribution in [2.75, 3.05) is 35.8 Å². The highest BCUT2D eigenvalue weighted by atomic mass is 32.2. The van der Waals surface area contributed by atoms with E-state index in [9.17, 15) is 18.3 Å². The summed E-state index contributed by atoms with van der Waals surface area (Å²) in [7, 11) is -3.83. The number of fused-ring (bicyclic) bond motifs is 1. The quantitative estimate of drug-likeness (QED) is 0.375. The van der Waals surface area contributed by atoms with Crippen molar-refractivity contribution in [1.82, 2.24) is 9.88 Å². The molecule has 1 atom stereocenters. The third kappa shape index (κ3) is 6.27. The molecule has 2 heterocycles. The first kappa shape index (κ1) is 27.9. The normalized spacial score (nSPS) is 15.8. The number of piperazine rings is 1.